The Labute approximate surface area is 146 Å². The number of carbonyl (C=O) groups is 1. The van der Waals surface area contributed by atoms with Crippen molar-refractivity contribution < 1.29 is 9.90 Å². The number of rotatable bonds is 5. The van der Waals surface area contributed by atoms with Crippen LogP contribution in [0.5, 0.6) is 0 Å². The van der Waals surface area contributed by atoms with Gasteiger partial charge in [0.05, 0.1) is 17.7 Å². The first-order valence-electron chi connectivity index (χ1n) is 8.62. The highest BCUT2D eigenvalue weighted by molar-refractivity contribution is 6.06. The molecule has 0 atom stereocenters. The van der Waals surface area contributed by atoms with Gasteiger partial charge in [0.2, 0.25) is 0 Å². The second-order valence-corrected chi connectivity index (χ2v) is 6.50. The Kier molecular flexibility index (Phi) is 4.20. The van der Waals surface area contributed by atoms with Crippen molar-refractivity contribution in [3.8, 4) is 0 Å². The summed E-state index contributed by atoms with van der Waals surface area (Å²) in [5.74, 6) is 0.388. The number of aromatic nitrogens is 1. The summed E-state index contributed by atoms with van der Waals surface area (Å²) < 4.78 is 0. The van der Waals surface area contributed by atoms with Crippen LogP contribution in [-0.2, 0) is 13.2 Å². The van der Waals surface area contributed by atoms with Gasteiger partial charge in [-0.1, -0.05) is 42.5 Å². The maximum Gasteiger partial charge on any atom is 0.252 e. The highest BCUT2D eigenvalue weighted by Gasteiger charge is 2.26. The van der Waals surface area contributed by atoms with Crippen LogP contribution < -0.4 is 5.32 Å². The second kappa shape index (κ2) is 6.65. The molecule has 0 radical (unpaired) electrons. The number of para-hydroxylation sites is 1. The summed E-state index contributed by atoms with van der Waals surface area (Å²) in [6, 6.07) is 17.3. The maximum absolute atomic E-state index is 12.8. The molecular weight excluding hydrogens is 312 g/mol. The third-order valence-electron chi connectivity index (χ3n) is 4.70. The summed E-state index contributed by atoms with van der Waals surface area (Å²) >= 11 is 0. The van der Waals surface area contributed by atoms with Crippen molar-refractivity contribution in [2.45, 2.75) is 31.9 Å². The number of nitrogens with zero attached hydrogens (tertiary/aromatic N) is 1. The molecule has 1 aliphatic carbocycles. The fraction of sp³-hybridized carbons (Fsp3) is 0.238. The van der Waals surface area contributed by atoms with Crippen molar-refractivity contribution in [2.75, 3.05) is 0 Å². The Balaban J connectivity index is 1.63. The maximum atomic E-state index is 12.8. The molecule has 1 amide bonds. The van der Waals surface area contributed by atoms with Crippen LogP contribution in [0.15, 0.2) is 54.6 Å². The third kappa shape index (κ3) is 3.26. The molecular formula is C21H20N2O2. The topological polar surface area (TPSA) is 62.2 Å². The largest absolute Gasteiger partial charge is 0.392 e. The minimum absolute atomic E-state index is 0.0317. The van der Waals surface area contributed by atoms with E-state index in [1.165, 1.54) is 0 Å². The molecule has 0 bridgehead atoms. The van der Waals surface area contributed by atoms with E-state index in [-0.39, 0.29) is 12.5 Å². The molecule has 126 valence electrons. The van der Waals surface area contributed by atoms with E-state index in [0.29, 0.717) is 18.0 Å². The minimum Gasteiger partial charge on any atom is -0.392 e. The number of aliphatic hydroxyl groups is 1. The molecule has 0 spiro atoms. The van der Waals surface area contributed by atoms with E-state index >= 15 is 0 Å². The minimum atomic E-state index is -0.103. The smallest absolute Gasteiger partial charge is 0.252 e. The predicted molar refractivity (Wildman–Crippen MR) is 97.3 cm³/mol. The van der Waals surface area contributed by atoms with Gasteiger partial charge in [0.25, 0.3) is 5.91 Å². The van der Waals surface area contributed by atoms with Crippen molar-refractivity contribution in [2.24, 2.45) is 0 Å². The van der Waals surface area contributed by atoms with Crippen LogP contribution in [0, 0.1) is 0 Å². The molecule has 0 unspecified atom stereocenters. The lowest BCUT2D eigenvalue weighted by Gasteiger charge is -2.12. The summed E-state index contributed by atoms with van der Waals surface area (Å²) in [7, 11) is 0. The van der Waals surface area contributed by atoms with E-state index in [0.717, 1.165) is 40.6 Å². The fourth-order valence-electron chi connectivity index (χ4n) is 3.13. The zero-order valence-corrected chi connectivity index (χ0v) is 13.9. The average molecular weight is 332 g/mol. The zero-order valence-electron chi connectivity index (χ0n) is 13.9. The van der Waals surface area contributed by atoms with E-state index in [2.05, 4.69) is 5.32 Å². The van der Waals surface area contributed by atoms with E-state index in [1.807, 2.05) is 54.6 Å². The molecule has 1 fully saturated rings. The van der Waals surface area contributed by atoms with Gasteiger partial charge in [0.1, 0.15) is 0 Å². The van der Waals surface area contributed by atoms with Crippen molar-refractivity contribution >= 4 is 16.8 Å². The van der Waals surface area contributed by atoms with Crippen molar-refractivity contribution in [3.05, 3.63) is 77.0 Å². The lowest BCUT2D eigenvalue weighted by Crippen LogP contribution is -2.24. The van der Waals surface area contributed by atoms with Crippen LogP contribution in [0.4, 0.5) is 0 Å². The van der Waals surface area contributed by atoms with E-state index in [4.69, 9.17) is 4.98 Å². The monoisotopic (exact) mass is 332 g/mol. The highest BCUT2D eigenvalue weighted by Crippen LogP contribution is 2.40. The Bertz CT molecular complexity index is 932. The van der Waals surface area contributed by atoms with E-state index in [9.17, 15) is 9.90 Å². The molecule has 1 aliphatic rings. The Morgan fingerprint density at radius 2 is 1.80 bits per heavy atom. The SMILES string of the molecule is O=C(NCc1ccccc1CO)c1cc(C2CC2)nc2ccccc12. The lowest BCUT2D eigenvalue weighted by atomic mass is 10.0. The normalized spacial score (nSPS) is 13.8. The van der Waals surface area contributed by atoms with Gasteiger partial charge < -0.3 is 10.4 Å². The molecule has 0 aliphatic heterocycles. The quantitative estimate of drug-likeness (QED) is 0.751. The summed E-state index contributed by atoms with van der Waals surface area (Å²) in [6.45, 7) is 0.362. The first-order valence-corrected chi connectivity index (χ1v) is 8.62. The number of hydrogen-bond acceptors (Lipinski definition) is 3. The number of carbonyl (C=O) groups excluding carboxylic acids is 1. The van der Waals surface area contributed by atoms with Gasteiger partial charge in [0, 0.05) is 23.5 Å². The molecule has 2 aromatic carbocycles. The first kappa shape index (κ1) is 15.8. The Hall–Kier alpha value is -2.72. The van der Waals surface area contributed by atoms with Gasteiger partial charge in [-0.05, 0) is 36.1 Å². The van der Waals surface area contributed by atoms with Crippen LogP contribution in [0.2, 0.25) is 0 Å². The van der Waals surface area contributed by atoms with Crippen LogP contribution in [0.1, 0.15) is 45.9 Å². The van der Waals surface area contributed by atoms with Crippen LogP contribution in [0.3, 0.4) is 0 Å². The number of benzene rings is 2. The van der Waals surface area contributed by atoms with E-state index < -0.39 is 0 Å². The molecule has 4 nitrogen and oxygen atoms in total. The van der Waals surface area contributed by atoms with E-state index in [1.54, 1.807) is 0 Å². The number of fused-ring (bicyclic) bond motifs is 1. The molecule has 25 heavy (non-hydrogen) atoms. The number of nitrogens with one attached hydrogen (secondary N) is 1. The number of amides is 1. The third-order valence-corrected chi connectivity index (χ3v) is 4.70. The second-order valence-electron chi connectivity index (χ2n) is 6.50. The molecule has 1 aromatic heterocycles. The number of hydrogen-bond donors (Lipinski definition) is 2. The van der Waals surface area contributed by atoms with Crippen molar-refractivity contribution in [1.29, 1.82) is 0 Å². The van der Waals surface area contributed by atoms with Gasteiger partial charge in [-0.25, -0.2) is 0 Å². The van der Waals surface area contributed by atoms with Crippen molar-refractivity contribution in [1.82, 2.24) is 10.3 Å². The van der Waals surface area contributed by atoms with Gasteiger partial charge >= 0.3 is 0 Å². The fourth-order valence-corrected chi connectivity index (χ4v) is 3.13. The van der Waals surface area contributed by atoms with Gasteiger partial charge in [0.15, 0.2) is 0 Å². The molecule has 2 N–H and O–H groups in total. The Morgan fingerprint density at radius 3 is 2.56 bits per heavy atom. The van der Waals surface area contributed by atoms with Gasteiger partial charge in [-0.3, -0.25) is 9.78 Å². The summed E-state index contributed by atoms with van der Waals surface area (Å²) in [6.07, 6.45) is 2.30. The zero-order chi connectivity index (χ0) is 17.2. The molecule has 0 saturated heterocycles. The molecule has 3 aromatic rings. The summed E-state index contributed by atoms with van der Waals surface area (Å²) in [4.78, 5) is 17.5. The average Bonchev–Trinajstić information content (AvgIpc) is 3.50. The molecule has 1 heterocycles. The van der Waals surface area contributed by atoms with Crippen molar-refractivity contribution in [3.63, 3.8) is 0 Å². The molecule has 4 rings (SSSR count). The lowest BCUT2D eigenvalue weighted by molar-refractivity contribution is 0.0952. The number of aliphatic hydroxyl groups excluding tert-OH is 1. The highest BCUT2D eigenvalue weighted by atomic mass is 16.3. The van der Waals surface area contributed by atoms with Gasteiger partial charge in [-0.15, -0.1) is 0 Å². The summed E-state index contributed by atoms with van der Waals surface area (Å²) in [5, 5.41) is 13.3. The predicted octanol–water partition coefficient (Wildman–Crippen LogP) is 3.53. The molecule has 1 saturated carbocycles. The standard InChI is InChI=1S/C21H20N2O2/c24-13-16-6-2-1-5-15(16)12-22-21(25)18-11-20(14-9-10-14)23-19-8-4-3-7-17(18)19/h1-8,11,14,24H,9-10,12-13H2,(H,22,25). The number of pyridine rings is 1. The first-order chi connectivity index (χ1) is 12.3. The van der Waals surface area contributed by atoms with Gasteiger partial charge in [-0.2, -0.15) is 0 Å². The van der Waals surface area contributed by atoms with Crippen LogP contribution in [0.25, 0.3) is 10.9 Å². The summed E-state index contributed by atoms with van der Waals surface area (Å²) in [5.41, 5.74) is 4.32. The van der Waals surface area contributed by atoms with Crippen LogP contribution in [-0.4, -0.2) is 16.0 Å². The molecule has 4 heteroatoms. The van der Waals surface area contributed by atoms with Crippen LogP contribution >= 0.6 is 0 Å². The Morgan fingerprint density at radius 1 is 1.08 bits per heavy atom.